The van der Waals surface area contributed by atoms with Crippen molar-refractivity contribution in [3.8, 4) is 0 Å². The summed E-state index contributed by atoms with van der Waals surface area (Å²) in [5, 5.41) is 9.51. The van der Waals surface area contributed by atoms with Crippen molar-refractivity contribution in [3.63, 3.8) is 0 Å². The second-order valence-electron chi connectivity index (χ2n) is 3.06. The molecular weight excluding hydrogens is 162 g/mol. The van der Waals surface area contributed by atoms with Gasteiger partial charge >= 0.3 is 0 Å². The number of nitrogens with zero attached hydrogens (tertiary/aromatic N) is 1. The van der Waals surface area contributed by atoms with Crippen LogP contribution in [0.15, 0.2) is 0 Å². The van der Waals surface area contributed by atoms with E-state index in [0.29, 0.717) is 0 Å². The van der Waals surface area contributed by atoms with Gasteiger partial charge in [0, 0.05) is 12.3 Å². The minimum Gasteiger partial charge on any atom is -0.392 e. The van der Waals surface area contributed by atoms with Crippen LogP contribution in [0.25, 0.3) is 0 Å². The summed E-state index contributed by atoms with van der Waals surface area (Å²) in [5.74, 6) is 1.04. The van der Waals surface area contributed by atoms with Gasteiger partial charge in [0.2, 0.25) is 5.91 Å². The predicted molar refractivity (Wildman–Crippen MR) is 43.1 cm³/mol. The van der Waals surface area contributed by atoms with E-state index in [1.54, 1.807) is 18.7 Å². The number of hydrogen-bond acceptors (Lipinski definition) is 3. The van der Waals surface area contributed by atoms with E-state index < -0.39 is 6.10 Å². The van der Waals surface area contributed by atoms with Gasteiger partial charge in [-0.3, -0.25) is 4.79 Å². The average molecular weight is 173 g/mol. The van der Waals surface area contributed by atoms with Crippen LogP contribution in [-0.2, 0) is 4.79 Å². The lowest BCUT2D eigenvalue weighted by Crippen LogP contribution is -2.59. The summed E-state index contributed by atoms with van der Waals surface area (Å²) < 4.78 is 0. The highest BCUT2D eigenvalue weighted by molar-refractivity contribution is 8.00. The molecule has 0 radical (unpaired) electrons. The van der Waals surface area contributed by atoms with Gasteiger partial charge in [0.15, 0.2) is 0 Å². The number of rotatable bonds is 1. The molecule has 62 valence electrons. The third-order valence-electron chi connectivity index (χ3n) is 2.32. The molecule has 2 rings (SSSR count). The van der Waals surface area contributed by atoms with Crippen LogP contribution in [0.5, 0.6) is 0 Å². The first-order chi connectivity index (χ1) is 5.22. The Kier molecular flexibility index (Phi) is 1.61. The summed E-state index contributed by atoms with van der Waals surface area (Å²) in [7, 11) is 0. The van der Waals surface area contributed by atoms with E-state index in [2.05, 4.69) is 0 Å². The lowest BCUT2D eigenvalue weighted by molar-refractivity contribution is -0.154. The van der Waals surface area contributed by atoms with E-state index in [-0.39, 0.29) is 17.2 Å². The van der Waals surface area contributed by atoms with Crippen molar-refractivity contribution >= 4 is 17.7 Å². The largest absolute Gasteiger partial charge is 0.392 e. The molecule has 3 nitrogen and oxygen atoms in total. The highest BCUT2D eigenvalue weighted by Crippen LogP contribution is 2.41. The van der Waals surface area contributed by atoms with E-state index in [9.17, 15) is 9.90 Å². The summed E-state index contributed by atoms with van der Waals surface area (Å²) in [4.78, 5) is 13.1. The van der Waals surface area contributed by atoms with Crippen LogP contribution in [0.3, 0.4) is 0 Å². The molecule has 11 heavy (non-hydrogen) atoms. The molecule has 2 aliphatic rings. The van der Waals surface area contributed by atoms with Gasteiger partial charge in [0.05, 0.1) is 17.4 Å². The topological polar surface area (TPSA) is 40.5 Å². The van der Waals surface area contributed by atoms with Crippen molar-refractivity contribution in [2.75, 3.05) is 12.3 Å². The number of thioether (sulfide) groups is 1. The van der Waals surface area contributed by atoms with Crippen molar-refractivity contribution in [3.05, 3.63) is 0 Å². The molecule has 0 bridgehead atoms. The molecule has 0 aliphatic carbocycles. The molecular formula is C7H11NO2S. The SMILES string of the molecule is CC(O)C1C(=O)N2CCS[C@H]12. The van der Waals surface area contributed by atoms with Crippen LogP contribution < -0.4 is 0 Å². The van der Waals surface area contributed by atoms with Gasteiger partial charge in [0.1, 0.15) is 0 Å². The zero-order valence-corrected chi connectivity index (χ0v) is 7.17. The summed E-state index contributed by atoms with van der Waals surface area (Å²) in [5.41, 5.74) is 0. The normalized spacial score (nSPS) is 38.4. The number of amides is 1. The van der Waals surface area contributed by atoms with E-state index in [4.69, 9.17) is 0 Å². The molecule has 3 atom stereocenters. The molecule has 1 amide bonds. The van der Waals surface area contributed by atoms with Crippen molar-refractivity contribution < 1.29 is 9.90 Å². The van der Waals surface area contributed by atoms with Crippen molar-refractivity contribution in [1.29, 1.82) is 0 Å². The van der Waals surface area contributed by atoms with Gasteiger partial charge < -0.3 is 10.0 Å². The van der Waals surface area contributed by atoms with Crippen LogP contribution in [0.1, 0.15) is 6.92 Å². The number of β-lactam (4-membered cyclic amide) rings is 1. The molecule has 0 spiro atoms. The van der Waals surface area contributed by atoms with Gasteiger partial charge in [-0.05, 0) is 6.92 Å². The third-order valence-corrected chi connectivity index (χ3v) is 3.63. The maximum atomic E-state index is 11.2. The summed E-state index contributed by atoms with van der Waals surface area (Å²) in [6, 6.07) is 0. The molecule has 1 N–H and O–H groups in total. The third kappa shape index (κ3) is 0.891. The lowest BCUT2D eigenvalue weighted by atomic mass is 9.93. The lowest BCUT2D eigenvalue weighted by Gasteiger charge is -2.43. The second-order valence-corrected chi connectivity index (χ2v) is 4.28. The Balaban J connectivity index is 2.09. The fraction of sp³-hybridized carbons (Fsp3) is 0.857. The van der Waals surface area contributed by atoms with Gasteiger partial charge in [-0.1, -0.05) is 0 Å². The molecule has 4 heteroatoms. The number of aliphatic hydroxyl groups is 1. The van der Waals surface area contributed by atoms with E-state index in [0.717, 1.165) is 12.3 Å². The average Bonchev–Trinajstić information content (AvgIpc) is 2.30. The molecule has 0 aromatic rings. The van der Waals surface area contributed by atoms with Crippen LogP contribution in [0, 0.1) is 5.92 Å². The first kappa shape index (κ1) is 7.43. The van der Waals surface area contributed by atoms with E-state index in [1.807, 2.05) is 4.90 Å². The number of hydrogen-bond donors (Lipinski definition) is 1. The van der Waals surface area contributed by atoms with Gasteiger partial charge in [-0.2, -0.15) is 0 Å². The molecule has 2 unspecified atom stereocenters. The quantitative estimate of drug-likeness (QED) is 0.563. The standard InChI is InChI=1S/C7H11NO2S/c1-4(9)5-6(10)8-2-3-11-7(5)8/h4-5,7,9H,2-3H2,1H3/t4?,5?,7-/m1/s1. The molecule has 0 aromatic heterocycles. The Morgan fingerprint density at radius 3 is 3.18 bits per heavy atom. The molecule has 2 aliphatic heterocycles. The highest BCUT2D eigenvalue weighted by Gasteiger charge is 2.52. The first-order valence-corrected chi connectivity index (χ1v) is 4.87. The maximum absolute atomic E-state index is 11.2. The van der Waals surface area contributed by atoms with Crippen LogP contribution >= 0.6 is 11.8 Å². The Hall–Kier alpha value is -0.220. The minimum absolute atomic E-state index is 0.123. The number of aliphatic hydroxyl groups excluding tert-OH is 1. The predicted octanol–water partition coefficient (Wildman–Crippen LogP) is -0.102. The minimum atomic E-state index is -0.477. The second kappa shape index (κ2) is 2.38. The zero-order chi connectivity index (χ0) is 8.01. The van der Waals surface area contributed by atoms with Crippen LogP contribution in [0.2, 0.25) is 0 Å². The summed E-state index contributed by atoms with van der Waals surface area (Å²) in [6.07, 6.45) is -0.477. The van der Waals surface area contributed by atoms with E-state index in [1.165, 1.54) is 0 Å². The Labute approximate surface area is 69.8 Å². The maximum Gasteiger partial charge on any atom is 0.232 e. The number of carbonyl (C=O) groups excluding carboxylic acids is 1. The van der Waals surface area contributed by atoms with Crippen molar-refractivity contribution in [2.24, 2.45) is 5.92 Å². The summed E-state index contributed by atoms with van der Waals surface area (Å²) >= 11 is 1.78. The monoisotopic (exact) mass is 173 g/mol. The number of fused-ring (bicyclic) bond motifs is 1. The molecule has 2 saturated heterocycles. The molecule has 2 fully saturated rings. The first-order valence-electron chi connectivity index (χ1n) is 3.82. The van der Waals surface area contributed by atoms with Crippen LogP contribution in [0.4, 0.5) is 0 Å². The zero-order valence-electron chi connectivity index (χ0n) is 6.36. The van der Waals surface area contributed by atoms with Gasteiger partial charge in [0.25, 0.3) is 0 Å². The molecule has 2 heterocycles. The van der Waals surface area contributed by atoms with E-state index >= 15 is 0 Å². The van der Waals surface area contributed by atoms with Gasteiger partial charge in [-0.15, -0.1) is 11.8 Å². The summed E-state index contributed by atoms with van der Waals surface area (Å²) in [6.45, 7) is 2.57. The molecule has 0 saturated carbocycles. The Morgan fingerprint density at radius 2 is 2.55 bits per heavy atom. The smallest absolute Gasteiger partial charge is 0.232 e. The molecule has 0 aromatic carbocycles. The highest BCUT2D eigenvalue weighted by atomic mass is 32.2. The van der Waals surface area contributed by atoms with Gasteiger partial charge in [-0.25, -0.2) is 0 Å². The van der Waals surface area contributed by atoms with Crippen molar-refractivity contribution in [1.82, 2.24) is 4.90 Å². The Bertz CT molecular complexity index is 195. The van der Waals surface area contributed by atoms with Crippen molar-refractivity contribution in [2.45, 2.75) is 18.4 Å². The van der Waals surface area contributed by atoms with Crippen LogP contribution in [-0.4, -0.2) is 39.7 Å². The fourth-order valence-electron chi connectivity index (χ4n) is 1.70. The fourth-order valence-corrected chi connectivity index (χ4v) is 3.18. The number of carbonyl (C=O) groups is 1. The Morgan fingerprint density at radius 1 is 1.82 bits per heavy atom.